The van der Waals surface area contributed by atoms with Crippen LogP contribution in [0.5, 0.6) is 0 Å². The largest absolute Gasteiger partial charge is 0.480 e. The maximum Gasteiger partial charge on any atom is 0.326 e. The van der Waals surface area contributed by atoms with Crippen LogP contribution in [0.15, 0.2) is 10.6 Å². The van der Waals surface area contributed by atoms with Crippen molar-refractivity contribution < 1.29 is 19.2 Å². The molecule has 1 aliphatic carbocycles. The van der Waals surface area contributed by atoms with Crippen molar-refractivity contribution in [2.24, 2.45) is 5.92 Å². The van der Waals surface area contributed by atoms with Gasteiger partial charge < -0.3 is 14.5 Å². The highest BCUT2D eigenvalue weighted by atomic mass is 16.5. The fraction of sp³-hybridized carbons (Fsp3) is 0.643. The lowest BCUT2D eigenvalue weighted by atomic mass is 9.84. The average Bonchev–Trinajstić information content (AvgIpc) is 3.01. The number of amides is 1. The number of aliphatic carboxylic acids is 1. The maximum absolute atomic E-state index is 12.6. The van der Waals surface area contributed by atoms with Crippen LogP contribution in [0.4, 0.5) is 0 Å². The van der Waals surface area contributed by atoms with E-state index in [1.807, 2.05) is 0 Å². The molecule has 1 aromatic rings. The molecule has 2 aliphatic rings. The van der Waals surface area contributed by atoms with E-state index in [1.165, 1.54) is 4.90 Å². The van der Waals surface area contributed by atoms with E-state index < -0.39 is 12.0 Å². The fourth-order valence-corrected chi connectivity index (χ4v) is 3.56. The van der Waals surface area contributed by atoms with Crippen molar-refractivity contribution >= 4 is 11.9 Å². The van der Waals surface area contributed by atoms with Crippen LogP contribution in [0.1, 0.15) is 48.4 Å². The molecule has 108 valence electrons. The quantitative estimate of drug-likeness (QED) is 0.892. The number of carbonyl (C=O) groups is 2. The average molecular weight is 278 g/mol. The Morgan fingerprint density at radius 1 is 1.40 bits per heavy atom. The van der Waals surface area contributed by atoms with Crippen molar-refractivity contribution in [1.29, 1.82) is 0 Å². The number of hydrogen-bond acceptors (Lipinski definition) is 4. The molecule has 1 saturated carbocycles. The Bertz CT molecular complexity index is 539. The second-order valence-corrected chi connectivity index (χ2v) is 5.75. The van der Waals surface area contributed by atoms with E-state index in [1.54, 1.807) is 13.0 Å². The van der Waals surface area contributed by atoms with Crippen LogP contribution in [-0.4, -0.2) is 39.1 Å². The smallest absolute Gasteiger partial charge is 0.326 e. The van der Waals surface area contributed by atoms with Gasteiger partial charge >= 0.3 is 5.97 Å². The minimum Gasteiger partial charge on any atom is -0.480 e. The van der Waals surface area contributed by atoms with E-state index in [2.05, 4.69) is 5.16 Å². The Hall–Kier alpha value is -1.85. The van der Waals surface area contributed by atoms with Crippen molar-refractivity contribution in [3.05, 3.63) is 17.5 Å². The molecule has 2 fully saturated rings. The van der Waals surface area contributed by atoms with Crippen LogP contribution >= 0.6 is 0 Å². The molecule has 1 saturated heterocycles. The van der Waals surface area contributed by atoms with Gasteiger partial charge in [0.15, 0.2) is 0 Å². The first-order chi connectivity index (χ1) is 9.58. The first-order valence-electron chi connectivity index (χ1n) is 7.06. The van der Waals surface area contributed by atoms with E-state index >= 15 is 0 Å². The van der Waals surface area contributed by atoms with Crippen molar-refractivity contribution in [1.82, 2.24) is 10.1 Å². The number of rotatable bonds is 2. The van der Waals surface area contributed by atoms with Gasteiger partial charge in [0, 0.05) is 12.1 Å². The van der Waals surface area contributed by atoms with Gasteiger partial charge in [0.25, 0.3) is 5.91 Å². The zero-order valence-electron chi connectivity index (χ0n) is 11.4. The Kier molecular flexibility index (Phi) is 3.23. The first kappa shape index (κ1) is 13.1. The predicted molar refractivity (Wildman–Crippen MR) is 69.2 cm³/mol. The summed E-state index contributed by atoms with van der Waals surface area (Å²) in [5.74, 6) is -0.825. The Labute approximate surface area is 116 Å². The van der Waals surface area contributed by atoms with E-state index in [0.29, 0.717) is 18.0 Å². The summed E-state index contributed by atoms with van der Waals surface area (Å²) in [5.41, 5.74) is 0.625. The van der Waals surface area contributed by atoms with Crippen LogP contribution in [0.2, 0.25) is 0 Å². The number of carboxylic acids is 1. The minimum atomic E-state index is -0.927. The molecule has 0 unspecified atom stereocenters. The van der Waals surface area contributed by atoms with Crippen molar-refractivity contribution in [2.75, 3.05) is 0 Å². The third-order valence-corrected chi connectivity index (χ3v) is 4.45. The normalized spacial score (nSPS) is 29.2. The monoisotopic (exact) mass is 278 g/mol. The molecule has 1 N–H and O–H groups in total. The summed E-state index contributed by atoms with van der Waals surface area (Å²) >= 11 is 0. The van der Waals surface area contributed by atoms with E-state index in [4.69, 9.17) is 4.52 Å². The lowest BCUT2D eigenvalue weighted by Crippen LogP contribution is -2.46. The molecule has 1 amide bonds. The fourth-order valence-electron chi connectivity index (χ4n) is 3.56. The van der Waals surface area contributed by atoms with Crippen LogP contribution in [0, 0.1) is 12.8 Å². The molecule has 0 bridgehead atoms. The van der Waals surface area contributed by atoms with Gasteiger partial charge in [-0.3, -0.25) is 4.79 Å². The van der Waals surface area contributed by atoms with Gasteiger partial charge in [0.2, 0.25) is 5.76 Å². The highest BCUT2D eigenvalue weighted by Crippen LogP contribution is 2.40. The third-order valence-electron chi connectivity index (χ3n) is 4.45. The summed E-state index contributed by atoms with van der Waals surface area (Å²) in [7, 11) is 0. The number of carboxylic acid groups (broad SMARTS) is 1. The van der Waals surface area contributed by atoms with Gasteiger partial charge in [-0.05, 0) is 32.1 Å². The first-order valence-corrected chi connectivity index (χ1v) is 7.06. The van der Waals surface area contributed by atoms with Crippen LogP contribution in [0.3, 0.4) is 0 Å². The number of fused-ring (bicyclic) bond motifs is 1. The SMILES string of the molecule is Cc1cc(C(=O)N2[C@@H]3CCCC[C@@H]3C[C@H]2C(=O)O)on1. The van der Waals surface area contributed by atoms with Crippen LogP contribution < -0.4 is 0 Å². The third kappa shape index (κ3) is 2.09. The molecule has 0 spiro atoms. The van der Waals surface area contributed by atoms with Crippen LogP contribution in [0.25, 0.3) is 0 Å². The van der Waals surface area contributed by atoms with E-state index in [-0.39, 0.29) is 17.7 Å². The van der Waals surface area contributed by atoms with Gasteiger partial charge in [-0.25, -0.2) is 4.79 Å². The molecule has 3 atom stereocenters. The summed E-state index contributed by atoms with van der Waals surface area (Å²) in [4.78, 5) is 25.5. The Morgan fingerprint density at radius 3 is 2.80 bits per heavy atom. The number of nitrogens with zero attached hydrogens (tertiary/aromatic N) is 2. The molecule has 20 heavy (non-hydrogen) atoms. The lowest BCUT2D eigenvalue weighted by Gasteiger charge is -2.32. The summed E-state index contributed by atoms with van der Waals surface area (Å²) in [5, 5.41) is 13.1. The van der Waals surface area contributed by atoms with E-state index in [0.717, 1.165) is 25.7 Å². The number of aryl methyl sites for hydroxylation is 1. The van der Waals surface area contributed by atoms with Crippen LogP contribution in [-0.2, 0) is 4.79 Å². The van der Waals surface area contributed by atoms with E-state index in [9.17, 15) is 14.7 Å². The van der Waals surface area contributed by atoms with Gasteiger partial charge in [-0.15, -0.1) is 0 Å². The van der Waals surface area contributed by atoms with Crippen molar-refractivity contribution in [3.8, 4) is 0 Å². The topological polar surface area (TPSA) is 83.6 Å². The molecule has 2 heterocycles. The number of hydrogen-bond donors (Lipinski definition) is 1. The molecule has 6 nitrogen and oxygen atoms in total. The molecule has 1 aliphatic heterocycles. The lowest BCUT2D eigenvalue weighted by molar-refractivity contribution is -0.141. The van der Waals surface area contributed by atoms with Gasteiger partial charge in [-0.1, -0.05) is 18.0 Å². The molecule has 3 rings (SSSR count). The summed E-state index contributed by atoms with van der Waals surface area (Å²) in [6, 6.07) is 0.862. The zero-order chi connectivity index (χ0) is 14.3. The Morgan fingerprint density at radius 2 is 2.15 bits per heavy atom. The zero-order valence-corrected chi connectivity index (χ0v) is 11.4. The highest BCUT2D eigenvalue weighted by molar-refractivity contribution is 5.95. The summed E-state index contributed by atoms with van der Waals surface area (Å²) in [6.07, 6.45) is 4.61. The molecular weight excluding hydrogens is 260 g/mol. The van der Waals surface area contributed by atoms with Crippen molar-refractivity contribution in [2.45, 2.75) is 51.1 Å². The highest BCUT2D eigenvalue weighted by Gasteiger charge is 2.48. The minimum absolute atomic E-state index is 0.0303. The number of carbonyl (C=O) groups excluding carboxylic acids is 1. The predicted octanol–water partition coefficient (Wildman–Crippen LogP) is 1.84. The second kappa shape index (κ2) is 4.92. The molecule has 1 aromatic heterocycles. The number of aromatic nitrogens is 1. The summed E-state index contributed by atoms with van der Waals surface area (Å²) in [6.45, 7) is 1.74. The number of likely N-dealkylation sites (tertiary alicyclic amines) is 1. The second-order valence-electron chi connectivity index (χ2n) is 5.75. The van der Waals surface area contributed by atoms with Crippen molar-refractivity contribution in [3.63, 3.8) is 0 Å². The molecule has 0 aromatic carbocycles. The molecule has 0 radical (unpaired) electrons. The maximum atomic E-state index is 12.6. The summed E-state index contributed by atoms with van der Waals surface area (Å²) < 4.78 is 5.01. The van der Waals surface area contributed by atoms with Gasteiger partial charge in [-0.2, -0.15) is 0 Å². The standard InChI is InChI=1S/C14H18N2O4/c1-8-6-12(20-15-8)13(17)16-10-5-3-2-4-9(10)7-11(16)14(18)19/h6,9-11H,2-5,7H2,1H3,(H,18,19)/t9-,10-,11+/m1/s1. The molecular formula is C14H18N2O4. The van der Waals surface area contributed by atoms with Gasteiger partial charge in [0.1, 0.15) is 6.04 Å². The molecule has 6 heteroatoms. The van der Waals surface area contributed by atoms with Gasteiger partial charge in [0.05, 0.1) is 5.69 Å². The Balaban J connectivity index is 1.90.